The van der Waals surface area contributed by atoms with E-state index >= 15 is 0 Å². The van der Waals surface area contributed by atoms with Crippen LogP contribution in [0.15, 0.2) is 54.7 Å². The third-order valence-electron chi connectivity index (χ3n) is 7.37. The average molecular weight is 505 g/mol. The highest BCUT2D eigenvalue weighted by Crippen LogP contribution is 2.41. The summed E-state index contributed by atoms with van der Waals surface area (Å²) in [5, 5.41) is 4.40. The van der Waals surface area contributed by atoms with Gasteiger partial charge in [-0.15, -0.1) is 0 Å². The van der Waals surface area contributed by atoms with E-state index in [1.54, 1.807) is 0 Å². The molecule has 2 atom stereocenters. The van der Waals surface area contributed by atoms with E-state index in [-0.39, 0.29) is 12.1 Å². The van der Waals surface area contributed by atoms with Gasteiger partial charge in [-0.1, -0.05) is 6.07 Å². The Morgan fingerprint density at radius 1 is 1.06 bits per heavy atom. The molecule has 0 radical (unpaired) electrons. The molecule has 0 bridgehead atoms. The van der Waals surface area contributed by atoms with E-state index in [2.05, 4.69) is 95.0 Å². The molecular weight excluding hydrogens is 468 g/mol. The van der Waals surface area contributed by atoms with E-state index in [9.17, 15) is 0 Å². The summed E-state index contributed by atoms with van der Waals surface area (Å²) in [6.07, 6.45) is 1.86. The largest absolute Gasteiger partial charge is 0.379 e. The van der Waals surface area contributed by atoms with Crippen LogP contribution in [-0.4, -0.2) is 78.0 Å². The van der Waals surface area contributed by atoms with Gasteiger partial charge in [0.1, 0.15) is 0 Å². The van der Waals surface area contributed by atoms with Gasteiger partial charge in [-0.25, -0.2) is 0 Å². The van der Waals surface area contributed by atoms with Crippen molar-refractivity contribution in [2.24, 2.45) is 0 Å². The van der Waals surface area contributed by atoms with Crippen molar-refractivity contribution in [3.63, 3.8) is 0 Å². The van der Waals surface area contributed by atoms with Crippen LogP contribution in [0.5, 0.6) is 0 Å². The lowest BCUT2D eigenvalue weighted by molar-refractivity contribution is 0.0350. The summed E-state index contributed by atoms with van der Waals surface area (Å²) in [7, 11) is 4.14. The second kappa shape index (κ2) is 10.6. The summed E-state index contributed by atoms with van der Waals surface area (Å²) in [5.41, 5.74) is 7.11. The molecule has 36 heavy (non-hydrogen) atoms. The Bertz CT molecular complexity index is 1190. The van der Waals surface area contributed by atoms with Gasteiger partial charge in [-0.2, -0.15) is 0 Å². The quantitative estimate of drug-likeness (QED) is 0.491. The van der Waals surface area contributed by atoms with Crippen LogP contribution >= 0.6 is 12.2 Å². The van der Waals surface area contributed by atoms with Gasteiger partial charge in [0.25, 0.3) is 0 Å². The number of benzene rings is 1. The third kappa shape index (κ3) is 4.85. The molecule has 0 amide bonds. The van der Waals surface area contributed by atoms with Crippen LogP contribution in [0.3, 0.4) is 0 Å². The van der Waals surface area contributed by atoms with Gasteiger partial charge in [-0.05, 0) is 74.1 Å². The monoisotopic (exact) mass is 504 g/mol. The molecule has 2 aliphatic heterocycles. The van der Waals surface area contributed by atoms with Crippen molar-refractivity contribution >= 4 is 23.0 Å². The molecule has 0 spiro atoms. The number of pyridine rings is 1. The summed E-state index contributed by atoms with van der Waals surface area (Å²) in [5.74, 6) is 0. The second-order valence-corrected chi connectivity index (χ2v) is 10.2. The van der Waals surface area contributed by atoms with Crippen molar-refractivity contribution in [3.05, 3.63) is 77.4 Å². The van der Waals surface area contributed by atoms with Gasteiger partial charge in [0.15, 0.2) is 5.11 Å². The number of rotatable bonds is 7. The molecule has 0 unspecified atom stereocenters. The molecular formula is C28H36N6OS. The Labute approximate surface area is 219 Å². The zero-order valence-electron chi connectivity index (χ0n) is 21.6. The minimum absolute atomic E-state index is 0.00606. The van der Waals surface area contributed by atoms with Gasteiger partial charge >= 0.3 is 0 Å². The van der Waals surface area contributed by atoms with Gasteiger partial charge in [0.05, 0.1) is 31.0 Å². The number of anilines is 1. The van der Waals surface area contributed by atoms with Crippen molar-refractivity contribution in [1.29, 1.82) is 0 Å². The SMILES string of the molecule is Cc1cc([C@H]2[C@@H](c3ccccn3)NC(=S)N2CCN2CCOCC2)c(C)n1-c1ccc(N(C)C)cc1. The molecule has 0 saturated carbocycles. The fourth-order valence-corrected chi connectivity index (χ4v) is 5.77. The molecule has 190 valence electrons. The molecule has 2 aliphatic rings. The van der Waals surface area contributed by atoms with Crippen LogP contribution in [-0.2, 0) is 4.74 Å². The van der Waals surface area contributed by atoms with Gasteiger partial charge in [0.2, 0.25) is 0 Å². The average Bonchev–Trinajstić information content (AvgIpc) is 3.38. The smallest absolute Gasteiger partial charge is 0.170 e. The van der Waals surface area contributed by atoms with E-state index < -0.39 is 0 Å². The van der Waals surface area contributed by atoms with Crippen LogP contribution in [0.1, 0.15) is 34.7 Å². The normalized spacial score (nSPS) is 20.6. The number of aromatic nitrogens is 2. The Morgan fingerprint density at radius 2 is 1.81 bits per heavy atom. The van der Waals surface area contributed by atoms with Crippen molar-refractivity contribution < 1.29 is 4.74 Å². The van der Waals surface area contributed by atoms with Crippen LogP contribution < -0.4 is 10.2 Å². The van der Waals surface area contributed by atoms with E-state index in [0.29, 0.717) is 0 Å². The molecule has 3 aromatic rings. The van der Waals surface area contributed by atoms with Crippen LogP contribution in [0.25, 0.3) is 5.69 Å². The summed E-state index contributed by atoms with van der Waals surface area (Å²) in [6, 6.07) is 17.2. The highest BCUT2D eigenvalue weighted by atomic mass is 32.1. The van der Waals surface area contributed by atoms with Crippen molar-refractivity contribution in [2.45, 2.75) is 25.9 Å². The standard InChI is InChI=1S/C28H36N6OS/c1-20-19-24(21(2)34(20)23-10-8-22(9-11-23)31(3)4)27-26(25-7-5-6-12-29-25)30-28(36)33(27)14-13-32-15-17-35-18-16-32/h5-12,19,26-27H,13-18H2,1-4H3,(H,30,36)/t26-,27+/m1/s1. The van der Waals surface area contributed by atoms with Crippen molar-refractivity contribution in [1.82, 2.24) is 24.7 Å². The Morgan fingerprint density at radius 3 is 2.47 bits per heavy atom. The lowest BCUT2D eigenvalue weighted by Gasteiger charge is -2.32. The maximum Gasteiger partial charge on any atom is 0.170 e. The van der Waals surface area contributed by atoms with Crippen molar-refractivity contribution in [2.75, 3.05) is 58.4 Å². The fraction of sp³-hybridized carbons (Fsp3) is 0.429. The van der Waals surface area contributed by atoms with Gasteiger partial charge in [-0.3, -0.25) is 9.88 Å². The summed E-state index contributed by atoms with van der Waals surface area (Å²) < 4.78 is 7.90. The lowest BCUT2D eigenvalue weighted by Crippen LogP contribution is -2.42. The molecule has 8 heteroatoms. The first-order valence-electron chi connectivity index (χ1n) is 12.7. The van der Waals surface area contributed by atoms with Crippen molar-refractivity contribution in [3.8, 4) is 5.69 Å². The van der Waals surface area contributed by atoms with Crippen LogP contribution in [0.2, 0.25) is 0 Å². The number of morpholine rings is 1. The molecule has 2 aromatic heterocycles. The van der Waals surface area contributed by atoms with Crippen LogP contribution in [0, 0.1) is 13.8 Å². The van der Waals surface area contributed by atoms with E-state index in [4.69, 9.17) is 21.9 Å². The summed E-state index contributed by atoms with van der Waals surface area (Å²) in [4.78, 5) is 11.7. The Balaban J connectivity index is 1.50. The number of ether oxygens (including phenoxy) is 1. The minimum atomic E-state index is -0.00606. The first kappa shape index (κ1) is 24.7. The minimum Gasteiger partial charge on any atom is -0.379 e. The topological polar surface area (TPSA) is 48.8 Å². The number of hydrogen-bond acceptors (Lipinski definition) is 5. The number of nitrogens with zero attached hydrogens (tertiary/aromatic N) is 5. The predicted molar refractivity (Wildman–Crippen MR) is 149 cm³/mol. The molecule has 1 N–H and O–H groups in total. The molecule has 2 saturated heterocycles. The Hall–Kier alpha value is -2.94. The summed E-state index contributed by atoms with van der Waals surface area (Å²) in [6.45, 7) is 9.78. The predicted octanol–water partition coefficient (Wildman–Crippen LogP) is 3.86. The molecule has 4 heterocycles. The van der Waals surface area contributed by atoms with Crippen LogP contribution in [0.4, 0.5) is 5.69 Å². The molecule has 2 fully saturated rings. The molecule has 7 nitrogen and oxygen atoms in total. The number of hydrogen-bond donors (Lipinski definition) is 1. The third-order valence-corrected chi connectivity index (χ3v) is 7.72. The second-order valence-electron chi connectivity index (χ2n) is 9.85. The zero-order chi connectivity index (χ0) is 25.2. The van der Waals surface area contributed by atoms with E-state index in [1.807, 2.05) is 12.3 Å². The fourth-order valence-electron chi connectivity index (χ4n) is 5.44. The van der Waals surface area contributed by atoms with E-state index in [0.717, 1.165) is 50.2 Å². The first-order chi connectivity index (χ1) is 17.4. The highest BCUT2D eigenvalue weighted by Gasteiger charge is 2.41. The Kier molecular flexibility index (Phi) is 7.27. The zero-order valence-corrected chi connectivity index (χ0v) is 22.5. The highest BCUT2D eigenvalue weighted by molar-refractivity contribution is 7.80. The maximum atomic E-state index is 5.91. The van der Waals surface area contributed by atoms with E-state index in [1.165, 1.54) is 28.3 Å². The maximum absolute atomic E-state index is 5.91. The van der Waals surface area contributed by atoms with Gasteiger partial charge < -0.3 is 24.4 Å². The number of nitrogens with one attached hydrogen (secondary N) is 1. The number of thiocarbonyl (C=S) groups is 1. The number of aryl methyl sites for hydroxylation is 1. The summed E-state index contributed by atoms with van der Waals surface area (Å²) >= 11 is 5.91. The lowest BCUT2D eigenvalue weighted by atomic mass is 9.96. The molecule has 0 aliphatic carbocycles. The van der Waals surface area contributed by atoms with Gasteiger partial charge in [0, 0.05) is 69.2 Å². The first-order valence-corrected chi connectivity index (χ1v) is 13.1. The molecule has 5 rings (SSSR count). The molecule has 1 aromatic carbocycles.